The molecule has 2 aliphatic rings. The molecule has 0 aliphatic heterocycles. The van der Waals surface area contributed by atoms with Gasteiger partial charge in [0.15, 0.2) is 17.4 Å². The van der Waals surface area contributed by atoms with Crippen LogP contribution in [-0.4, -0.2) is 16.3 Å². The molecule has 2 fully saturated rings. The molecule has 1 aromatic carbocycles. The highest BCUT2D eigenvalue weighted by atomic mass is 19.2. The molecule has 0 heterocycles. The summed E-state index contributed by atoms with van der Waals surface area (Å²) in [5.74, 6) is -5.06. The number of fused-ring (bicyclic) bond motifs is 1. The second-order valence-corrected chi connectivity index (χ2v) is 6.69. The summed E-state index contributed by atoms with van der Waals surface area (Å²) in [5.41, 5.74) is -0.160. The fraction of sp³-hybridized carbons (Fsp3) is 0.625. The van der Waals surface area contributed by atoms with Crippen LogP contribution in [0.25, 0.3) is 0 Å². The largest absolute Gasteiger partial charge is 0.503 e. The molecule has 3 rings (SSSR count). The number of aliphatic hydroxyl groups is 1. The number of phenols is 1. The van der Waals surface area contributed by atoms with Crippen LogP contribution in [0, 0.1) is 28.8 Å². The second-order valence-electron chi connectivity index (χ2n) is 6.69. The van der Waals surface area contributed by atoms with Crippen molar-refractivity contribution in [3.63, 3.8) is 0 Å². The van der Waals surface area contributed by atoms with Crippen LogP contribution in [0.4, 0.5) is 13.2 Å². The van der Waals surface area contributed by atoms with E-state index in [1.165, 1.54) is 0 Å². The lowest BCUT2D eigenvalue weighted by molar-refractivity contribution is 0.00836. The predicted molar refractivity (Wildman–Crippen MR) is 71.4 cm³/mol. The van der Waals surface area contributed by atoms with Crippen molar-refractivity contribution in [2.24, 2.45) is 11.3 Å². The van der Waals surface area contributed by atoms with Crippen LogP contribution in [0.2, 0.25) is 0 Å². The Bertz CT molecular complexity index is 575. The summed E-state index contributed by atoms with van der Waals surface area (Å²) in [6.07, 6.45) is 3.17. The van der Waals surface area contributed by atoms with Crippen LogP contribution in [0.1, 0.15) is 50.5 Å². The van der Waals surface area contributed by atoms with E-state index in [2.05, 4.69) is 0 Å². The van der Waals surface area contributed by atoms with E-state index < -0.39 is 23.2 Å². The molecule has 0 radical (unpaired) electrons. The van der Waals surface area contributed by atoms with Crippen molar-refractivity contribution in [3.8, 4) is 5.75 Å². The van der Waals surface area contributed by atoms with Gasteiger partial charge in [-0.15, -0.1) is 0 Å². The molecule has 4 atom stereocenters. The van der Waals surface area contributed by atoms with Gasteiger partial charge >= 0.3 is 0 Å². The SMILES string of the molecule is C[C@]12CC[C@@H](c3cc(F)c(O)c(F)c3F)C[C@H]1CC[C@@H]2O. The van der Waals surface area contributed by atoms with Gasteiger partial charge in [0.05, 0.1) is 6.10 Å². The van der Waals surface area contributed by atoms with E-state index in [1.807, 2.05) is 6.92 Å². The first-order chi connectivity index (χ1) is 9.84. The number of aliphatic hydroxyl groups excluding tert-OH is 1. The summed E-state index contributed by atoms with van der Waals surface area (Å²) in [7, 11) is 0. The third kappa shape index (κ3) is 2.13. The second kappa shape index (κ2) is 4.90. The van der Waals surface area contributed by atoms with Gasteiger partial charge in [-0.2, -0.15) is 4.39 Å². The van der Waals surface area contributed by atoms with Crippen molar-refractivity contribution >= 4 is 0 Å². The maximum absolute atomic E-state index is 14.0. The number of hydrogen-bond donors (Lipinski definition) is 2. The van der Waals surface area contributed by atoms with Crippen molar-refractivity contribution in [1.29, 1.82) is 0 Å². The summed E-state index contributed by atoms with van der Waals surface area (Å²) in [6.45, 7) is 2.04. The van der Waals surface area contributed by atoms with Crippen molar-refractivity contribution < 1.29 is 23.4 Å². The minimum absolute atomic E-state index is 0.00578. The highest BCUT2D eigenvalue weighted by molar-refractivity contribution is 5.34. The van der Waals surface area contributed by atoms with Crippen LogP contribution >= 0.6 is 0 Å². The highest BCUT2D eigenvalue weighted by Crippen LogP contribution is 2.55. The quantitative estimate of drug-likeness (QED) is 0.773. The maximum Gasteiger partial charge on any atom is 0.203 e. The molecular weight excluding hydrogens is 281 g/mol. The van der Waals surface area contributed by atoms with Gasteiger partial charge in [0.1, 0.15) is 0 Å². The fourth-order valence-electron chi connectivity index (χ4n) is 4.18. The average molecular weight is 300 g/mol. The standard InChI is InChI=1S/C16H19F3O2/c1-16-5-4-8(6-9(16)2-3-12(16)20)10-7-11(17)15(21)14(19)13(10)18/h7-9,12,20-21H,2-6H2,1H3/t8-,9-,12+,16+/m1/s1. The van der Waals surface area contributed by atoms with Gasteiger partial charge in [-0.1, -0.05) is 6.92 Å². The van der Waals surface area contributed by atoms with E-state index in [9.17, 15) is 18.3 Å². The molecule has 0 aromatic heterocycles. The first kappa shape index (κ1) is 14.7. The number of hydrogen-bond acceptors (Lipinski definition) is 2. The summed E-state index contributed by atoms with van der Waals surface area (Å²) in [6, 6.07) is 0.909. The van der Waals surface area contributed by atoms with E-state index >= 15 is 0 Å². The molecule has 0 unspecified atom stereocenters. The van der Waals surface area contributed by atoms with Gasteiger partial charge in [0.25, 0.3) is 0 Å². The lowest BCUT2D eigenvalue weighted by Crippen LogP contribution is -2.37. The van der Waals surface area contributed by atoms with Crippen LogP contribution in [0.15, 0.2) is 6.07 Å². The molecule has 2 saturated carbocycles. The number of rotatable bonds is 1. The van der Waals surface area contributed by atoms with Gasteiger partial charge in [0, 0.05) is 0 Å². The molecule has 2 aliphatic carbocycles. The Morgan fingerprint density at radius 2 is 1.86 bits per heavy atom. The molecule has 0 saturated heterocycles. The first-order valence-corrected chi connectivity index (χ1v) is 7.39. The van der Waals surface area contributed by atoms with Crippen LogP contribution in [-0.2, 0) is 0 Å². The lowest BCUT2D eigenvalue weighted by atomic mass is 9.64. The molecule has 116 valence electrons. The van der Waals surface area contributed by atoms with Gasteiger partial charge in [0.2, 0.25) is 5.82 Å². The zero-order valence-electron chi connectivity index (χ0n) is 11.9. The maximum atomic E-state index is 14.0. The van der Waals surface area contributed by atoms with Crippen LogP contribution in [0.3, 0.4) is 0 Å². The topological polar surface area (TPSA) is 40.5 Å². The van der Waals surface area contributed by atoms with Crippen molar-refractivity contribution in [2.45, 2.75) is 51.0 Å². The molecule has 0 spiro atoms. The molecule has 0 bridgehead atoms. The Labute approximate surface area is 121 Å². The molecule has 5 heteroatoms. The zero-order chi connectivity index (χ0) is 15.4. The third-order valence-electron chi connectivity index (χ3n) is 5.69. The molecule has 0 amide bonds. The molecule has 2 nitrogen and oxygen atoms in total. The number of benzene rings is 1. The number of aromatic hydroxyl groups is 1. The number of phenolic OH excluding ortho intramolecular Hbond substituents is 1. The Hall–Kier alpha value is -1.23. The van der Waals surface area contributed by atoms with E-state index in [0.29, 0.717) is 19.3 Å². The smallest absolute Gasteiger partial charge is 0.203 e. The van der Waals surface area contributed by atoms with Crippen molar-refractivity contribution in [2.75, 3.05) is 0 Å². The summed E-state index contributed by atoms with van der Waals surface area (Å²) in [5, 5.41) is 19.2. The Balaban J connectivity index is 1.91. The predicted octanol–water partition coefficient (Wildman–Crippen LogP) is 3.85. The molecular formula is C16H19F3O2. The van der Waals surface area contributed by atoms with E-state index in [1.54, 1.807) is 0 Å². The highest BCUT2D eigenvalue weighted by Gasteiger charge is 2.49. The molecule has 21 heavy (non-hydrogen) atoms. The fourth-order valence-corrected chi connectivity index (χ4v) is 4.18. The third-order valence-corrected chi connectivity index (χ3v) is 5.69. The van der Waals surface area contributed by atoms with Gasteiger partial charge in [-0.3, -0.25) is 0 Å². The summed E-state index contributed by atoms with van der Waals surface area (Å²) >= 11 is 0. The van der Waals surface area contributed by atoms with Gasteiger partial charge < -0.3 is 10.2 Å². The number of halogens is 3. The minimum Gasteiger partial charge on any atom is -0.503 e. The first-order valence-electron chi connectivity index (χ1n) is 7.39. The summed E-state index contributed by atoms with van der Waals surface area (Å²) < 4.78 is 41.0. The average Bonchev–Trinajstić information content (AvgIpc) is 2.76. The van der Waals surface area contributed by atoms with Gasteiger partial charge in [-0.05, 0) is 61.0 Å². The van der Waals surface area contributed by atoms with E-state index in [0.717, 1.165) is 18.9 Å². The van der Waals surface area contributed by atoms with Crippen molar-refractivity contribution in [1.82, 2.24) is 0 Å². The zero-order valence-corrected chi connectivity index (χ0v) is 11.9. The normalized spacial score (nSPS) is 35.8. The Kier molecular flexibility index (Phi) is 3.43. The Morgan fingerprint density at radius 3 is 2.57 bits per heavy atom. The Morgan fingerprint density at radius 1 is 1.14 bits per heavy atom. The van der Waals surface area contributed by atoms with Crippen LogP contribution < -0.4 is 0 Å². The minimum atomic E-state index is -1.51. The summed E-state index contributed by atoms with van der Waals surface area (Å²) in [4.78, 5) is 0. The monoisotopic (exact) mass is 300 g/mol. The van der Waals surface area contributed by atoms with E-state index in [4.69, 9.17) is 5.11 Å². The van der Waals surface area contributed by atoms with Gasteiger partial charge in [-0.25, -0.2) is 8.78 Å². The molecule has 1 aromatic rings. The van der Waals surface area contributed by atoms with E-state index in [-0.39, 0.29) is 28.9 Å². The molecule has 2 N–H and O–H groups in total. The van der Waals surface area contributed by atoms with Crippen molar-refractivity contribution in [3.05, 3.63) is 29.1 Å². The van der Waals surface area contributed by atoms with Crippen LogP contribution in [0.5, 0.6) is 5.75 Å². The lowest BCUT2D eigenvalue weighted by Gasteiger charge is -2.42.